The molecule has 0 spiro atoms. The highest BCUT2D eigenvalue weighted by Gasteiger charge is 2.29. The molecule has 1 aliphatic heterocycles. The molecular formula is C16H25N3O2. The molecule has 0 bridgehead atoms. The van der Waals surface area contributed by atoms with E-state index in [1.807, 2.05) is 0 Å². The standard InChI is InChI=1S/C16H25N3O2/c1-11(2)5-7-17-16(20)15-13-10-21-8-6-14(13)19(18-15)9-12-3-4-12/h11-12H,3-10H2,1-2H3,(H,17,20). The van der Waals surface area contributed by atoms with Gasteiger partial charge in [0.25, 0.3) is 5.91 Å². The van der Waals surface area contributed by atoms with E-state index in [1.54, 1.807) is 0 Å². The Morgan fingerprint density at radius 1 is 1.48 bits per heavy atom. The molecule has 1 aromatic heterocycles. The molecule has 116 valence electrons. The van der Waals surface area contributed by atoms with Gasteiger partial charge in [-0.25, -0.2) is 0 Å². The van der Waals surface area contributed by atoms with Crippen molar-refractivity contribution < 1.29 is 9.53 Å². The van der Waals surface area contributed by atoms with E-state index in [2.05, 4.69) is 28.9 Å². The second-order valence-electron chi connectivity index (χ2n) is 6.64. The summed E-state index contributed by atoms with van der Waals surface area (Å²) in [5.41, 5.74) is 2.79. The number of hydrogen-bond acceptors (Lipinski definition) is 3. The summed E-state index contributed by atoms with van der Waals surface area (Å²) in [6.45, 7) is 7.24. The molecule has 0 unspecified atom stereocenters. The molecule has 3 rings (SSSR count). The van der Waals surface area contributed by atoms with Gasteiger partial charge in [-0.1, -0.05) is 13.8 Å². The van der Waals surface area contributed by atoms with Crippen molar-refractivity contribution >= 4 is 5.91 Å². The zero-order valence-corrected chi connectivity index (χ0v) is 13.0. The van der Waals surface area contributed by atoms with Gasteiger partial charge in [-0.2, -0.15) is 5.10 Å². The first-order chi connectivity index (χ1) is 10.1. The second-order valence-corrected chi connectivity index (χ2v) is 6.64. The van der Waals surface area contributed by atoms with Crippen LogP contribution in [0, 0.1) is 11.8 Å². The Morgan fingerprint density at radius 3 is 3.00 bits per heavy atom. The second kappa shape index (κ2) is 6.18. The van der Waals surface area contributed by atoms with Crippen molar-refractivity contribution in [3.63, 3.8) is 0 Å². The van der Waals surface area contributed by atoms with Crippen molar-refractivity contribution in [1.29, 1.82) is 0 Å². The third-order valence-corrected chi connectivity index (χ3v) is 4.25. The van der Waals surface area contributed by atoms with E-state index in [4.69, 9.17) is 4.74 Å². The lowest BCUT2D eigenvalue weighted by Gasteiger charge is -2.15. The lowest BCUT2D eigenvalue weighted by atomic mass is 10.1. The predicted molar refractivity (Wildman–Crippen MR) is 80.1 cm³/mol. The Kier molecular flexibility index (Phi) is 4.29. The van der Waals surface area contributed by atoms with E-state index in [9.17, 15) is 4.79 Å². The van der Waals surface area contributed by atoms with Gasteiger partial charge in [-0.15, -0.1) is 0 Å². The zero-order valence-electron chi connectivity index (χ0n) is 13.0. The van der Waals surface area contributed by atoms with Gasteiger partial charge in [0.15, 0.2) is 5.69 Å². The van der Waals surface area contributed by atoms with Crippen LogP contribution in [0.4, 0.5) is 0 Å². The maximum atomic E-state index is 12.4. The molecular weight excluding hydrogens is 266 g/mol. The highest BCUT2D eigenvalue weighted by atomic mass is 16.5. The van der Waals surface area contributed by atoms with Crippen LogP contribution < -0.4 is 5.32 Å². The van der Waals surface area contributed by atoms with Gasteiger partial charge >= 0.3 is 0 Å². The predicted octanol–water partition coefficient (Wildman–Crippen LogP) is 2.14. The Morgan fingerprint density at radius 2 is 2.29 bits per heavy atom. The number of carbonyl (C=O) groups excluding carboxylic acids is 1. The third kappa shape index (κ3) is 3.46. The summed E-state index contributed by atoms with van der Waals surface area (Å²) in [6, 6.07) is 0. The van der Waals surface area contributed by atoms with E-state index in [1.165, 1.54) is 18.5 Å². The summed E-state index contributed by atoms with van der Waals surface area (Å²) >= 11 is 0. The lowest BCUT2D eigenvalue weighted by molar-refractivity contribution is 0.0923. The van der Waals surface area contributed by atoms with E-state index >= 15 is 0 Å². The van der Waals surface area contributed by atoms with E-state index in [0.717, 1.165) is 37.5 Å². The molecule has 0 aromatic carbocycles. The number of rotatable bonds is 6. The van der Waals surface area contributed by atoms with Crippen LogP contribution in [0.3, 0.4) is 0 Å². The summed E-state index contributed by atoms with van der Waals surface area (Å²) in [4.78, 5) is 12.4. The molecule has 2 aliphatic rings. The first-order valence-electron chi connectivity index (χ1n) is 8.09. The van der Waals surface area contributed by atoms with Crippen molar-refractivity contribution in [3.8, 4) is 0 Å². The molecule has 2 heterocycles. The summed E-state index contributed by atoms with van der Waals surface area (Å²) in [7, 11) is 0. The van der Waals surface area contributed by atoms with Crippen molar-refractivity contribution in [2.24, 2.45) is 11.8 Å². The van der Waals surface area contributed by atoms with Crippen LogP contribution in [0.15, 0.2) is 0 Å². The van der Waals surface area contributed by atoms with Crippen molar-refractivity contribution in [1.82, 2.24) is 15.1 Å². The smallest absolute Gasteiger partial charge is 0.272 e. The number of aromatic nitrogens is 2. The minimum absolute atomic E-state index is 0.0491. The molecule has 5 heteroatoms. The van der Waals surface area contributed by atoms with Gasteiger partial charge < -0.3 is 10.1 Å². The number of carbonyl (C=O) groups is 1. The van der Waals surface area contributed by atoms with Crippen LogP contribution in [-0.4, -0.2) is 28.8 Å². The van der Waals surface area contributed by atoms with Crippen LogP contribution in [0.5, 0.6) is 0 Å². The molecule has 1 fully saturated rings. The summed E-state index contributed by atoms with van der Waals surface area (Å²) < 4.78 is 7.59. The molecule has 1 aromatic rings. The maximum Gasteiger partial charge on any atom is 0.272 e. The fraction of sp³-hybridized carbons (Fsp3) is 0.750. The number of ether oxygens (including phenoxy) is 1. The quantitative estimate of drug-likeness (QED) is 0.873. The van der Waals surface area contributed by atoms with Gasteiger partial charge in [-0.3, -0.25) is 9.48 Å². The van der Waals surface area contributed by atoms with Crippen molar-refractivity contribution in [2.75, 3.05) is 13.2 Å². The number of nitrogens with zero attached hydrogens (tertiary/aromatic N) is 2. The molecule has 1 aliphatic carbocycles. The fourth-order valence-corrected chi connectivity index (χ4v) is 2.75. The largest absolute Gasteiger partial charge is 0.376 e. The topological polar surface area (TPSA) is 56.2 Å². The molecule has 21 heavy (non-hydrogen) atoms. The van der Waals surface area contributed by atoms with Crippen molar-refractivity contribution in [3.05, 3.63) is 17.0 Å². The summed E-state index contributed by atoms with van der Waals surface area (Å²) in [5.74, 6) is 1.30. The van der Waals surface area contributed by atoms with Crippen LogP contribution in [0.1, 0.15) is 54.9 Å². The minimum Gasteiger partial charge on any atom is -0.376 e. The Balaban J connectivity index is 1.73. The molecule has 1 amide bonds. The average molecular weight is 291 g/mol. The summed E-state index contributed by atoms with van der Waals surface area (Å²) in [6.07, 6.45) is 4.45. The first-order valence-corrected chi connectivity index (χ1v) is 8.09. The van der Waals surface area contributed by atoms with Gasteiger partial charge in [0.1, 0.15) is 0 Å². The van der Waals surface area contributed by atoms with E-state index in [-0.39, 0.29) is 5.91 Å². The summed E-state index contributed by atoms with van der Waals surface area (Å²) in [5, 5.41) is 7.59. The number of nitrogens with one attached hydrogen (secondary N) is 1. The average Bonchev–Trinajstić information content (AvgIpc) is 3.19. The Hall–Kier alpha value is -1.36. The zero-order chi connectivity index (χ0) is 14.8. The van der Waals surface area contributed by atoms with Crippen LogP contribution in [-0.2, 0) is 24.3 Å². The van der Waals surface area contributed by atoms with Crippen LogP contribution >= 0.6 is 0 Å². The molecule has 1 N–H and O–H groups in total. The third-order valence-electron chi connectivity index (χ3n) is 4.25. The van der Waals surface area contributed by atoms with Crippen LogP contribution in [0.25, 0.3) is 0 Å². The monoisotopic (exact) mass is 291 g/mol. The highest BCUT2D eigenvalue weighted by molar-refractivity contribution is 5.94. The normalized spacial score (nSPS) is 17.9. The van der Waals surface area contributed by atoms with E-state index < -0.39 is 0 Å². The minimum atomic E-state index is -0.0491. The van der Waals surface area contributed by atoms with Crippen LogP contribution in [0.2, 0.25) is 0 Å². The lowest BCUT2D eigenvalue weighted by Crippen LogP contribution is -2.27. The number of hydrogen-bond donors (Lipinski definition) is 1. The maximum absolute atomic E-state index is 12.4. The fourth-order valence-electron chi connectivity index (χ4n) is 2.75. The SMILES string of the molecule is CC(C)CCNC(=O)c1nn(CC2CC2)c2c1COCC2. The Bertz CT molecular complexity index is 518. The first kappa shape index (κ1) is 14.6. The van der Waals surface area contributed by atoms with Gasteiger partial charge in [0.05, 0.1) is 13.2 Å². The van der Waals surface area contributed by atoms with Gasteiger partial charge in [0, 0.05) is 30.8 Å². The molecule has 0 saturated heterocycles. The highest BCUT2D eigenvalue weighted by Crippen LogP contribution is 2.32. The molecule has 0 atom stereocenters. The van der Waals surface area contributed by atoms with Crippen molar-refractivity contribution in [2.45, 2.75) is 52.7 Å². The van der Waals surface area contributed by atoms with Gasteiger partial charge in [-0.05, 0) is 31.1 Å². The number of amides is 1. The molecule has 5 nitrogen and oxygen atoms in total. The number of fused-ring (bicyclic) bond motifs is 1. The van der Waals surface area contributed by atoms with Gasteiger partial charge in [0.2, 0.25) is 0 Å². The van der Waals surface area contributed by atoms with E-state index in [0.29, 0.717) is 24.8 Å². The molecule has 0 radical (unpaired) electrons. The Labute approximate surface area is 126 Å². The molecule has 1 saturated carbocycles.